The highest BCUT2D eigenvalue weighted by molar-refractivity contribution is 6.31. The van der Waals surface area contributed by atoms with E-state index in [9.17, 15) is 9.90 Å². The van der Waals surface area contributed by atoms with Gasteiger partial charge in [0.25, 0.3) is 5.91 Å². The van der Waals surface area contributed by atoms with Gasteiger partial charge in [-0.15, -0.1) is 0 Å². The zero-order chi connectivity index (χ0) is 13.8. The second-order valence-corrected chi connectivity index (χ2v) is 4.64. The van der Waals surface area contributed by atoms with Crippen LogP contribution in [-0.4, -0.2) is 11.0 Å². The fraction of sp³-hybridized carbons (Fsp3) is 0.133. The van der Waals surface area contributed by atoms with Crippen molar-refractivity contribution in [2.75, 3.05) is 0 Å². The lowest BCUT2D eigenvalue weighted by Crippen LogP contribution is -2.26. The fourth-order valence-corrected chi connectivity index (χ4v) is 2.14. The molecule has 0 aliphatic heterocycles. The molecule has 0 saturated carbocycles. The molecule has 2 N–H and O–H groups in total. The van der Waals surface area contributed by atoms with Crippen LogP contribution in [0, 0.1) is 0 Å². The SMILES string of the molecule is CC(NC(=O)c1ccccc1O)c1ccccc1Cl. The lowest BCUT2D eigenvalue weighted by molar-refractivity contribution is 0.0937. The molecule has 1 atom stereocenters. The molecule has 1 amide bonds. The van der Waals surface area contributed by atoms with Gasteiger partial charge in [-0.25, -0.2) is 0 Å². The summed E-state index contributed by atoms with van der Waals surface area (Å²) in [4.78, 5) is 12.0. The number of aromatic hydroxyl groups is 1. The predicted octanol–water partition coefficient (Wildman–Crippen LogP) is 3.54. The first-order valence-corrected chi connectivity index (χ1v) is 6.30. The van der Waals surface area contributed by atoms with E-state index >= 15 is 0 Å². The second-order valence-electron chi connectivity index (χ2n) is 4.23. The first kappa shape index (κ1) is 13.4. The van der Waals surface area contributed by atoms with Crippen LogP contribution < -0.4 is 5.32 Å². The van der Waals surface area contributed by atoms with Crippen LogP contribution in [0.2, 0.25) is 5.02 Å². The quantitative estimate of drug-likeness (QED) is 0.900. The van der Waals surface area contributed by atoms with Crippen LogP contribution in [-0.2, 0) is 0 Å². The highest BCUT2D eigenvalue weighted by atomic mass is 35.5. The molecule has 0 heterocycles. The number of hydrogen-bond acceptors (Lipinski definition) is 2. The average molecular weight is 276 g/mol. The molecular formula is C15H14ClNO2. The Balaban J connectivity index is 2.16. The number of halogens is 1. The van der Waals surface area contributed by atoms with E-state index in [0.717, 1.165) is 5.56 Å². The van der Waals surface area contributed by atoms with Crippen LogP contribution >= 0.6 is 11.6 Å². The van der Waals surface area contributed by atoms with Gasteiger partial charge >= 0.3 is 0 Å². The summed E-state index contributed by atoms with van der Waals surface area (Å²) in [5.41, 5.74) is 1.09. The topological polar surface area (TPSA) is 49.3 Å². The summed E-state index contributed by atoms with van der Waals surface area (Å²) in [6, 6.07) is 13.5. The largest absolute Gasteiger partial charge is 0.507 e. The van der Waals surface area contributed by atoms with E-state index < -0.39 is 0 Å². The number of para-hydroxylation sites is 1. The van der Waals surface area contributed by atoms with Gasteiger partial charge in [0.05, 0.1) is 11.6 Å². The number of phenolic OH excluding ortho intramolecular Hbond substituents is 1. The maximum atomic E-state index is 12.0. The number of amides is 1. The van der Waals surface area contributed by atoms with Crippen LogP contribution in [0.4, 0.5) is 0 Å². The van der Waals surface area contributed by atoms with Crippen LogP contribution in [0.3, 0.4) is 0 Å². The Morgan fingerprint density at radius 1 is 1.16 bits per heavy atom. The van der Waals surface area contributed by atoms with Gasteiger partial charge in [-0.3, -0.25) is 4.79 Å². The number of nitrogens with one attached hydrogen (secondary N) is 1. The Hall–Kier alpha value is -2.00. The van der Waals surface area contributed by atoms with Gasteiger partial charge in [0.15, 0.2) is 0 Å². The van der Waals surface area contributed by atoms with Crippen molar-refractivity contribution in [2.24, 2.45) is 0 Å². The zero-order valence-corrected chi connectivity index (χ0v) is 11.2. The summed E-state index contributed by atoms with van der Waals surface area (Å²) >= 11 is 6.08. The predicted molar refractivity (Wildman–Crippen MR) is 75.4 cm³/mol. The summed E-state index contributed by atoms with van der Waals surface area (Å²) in [5, 5.41) is 13.0. The first-order chi connectivity index (χ1) is 9.09. The first-order valence-electron chi connectivity index (χ1n) is 5.93. The van der Waals surface area contributed by atoms with Gasteiger partial charge in [-0.2, -0.15) is 0 Å². The number of hydrogen-bond donors (Lipinski definition) is 2. The van der Waals surface area contributed by atoms with Crippen LogP contribution in [0.1, 0.15) is 28.9 Å². The van der Waals surface area contributed by atoms with Crippen molar-refractivity contribution in [3.8, 4) is 5.75 Å². The van der Waals surface area contributed by atoms with E-state index in [1.54, 1.807) is 24.3 Å². The van der Waals surface area contributed by atoms with Gasteiger partial charge in [-0.05, 0) is 30.7 Å². The van der Waals surface area contributed by atoms with Gasteiger partial charge in [0.2, 0.25) is 0 Å². The number of phenols is 1. The molecule has 2 aromatic rings. The van der Waals surface area contributed by atoms with Crippen LogP contribution in [0.5, 0.6) is 5.75 Å². The molecule has 0 aliphatic rings. The van der Waals surface area contributed by atoms with E-state index in [1.807, 2.05) is 25.1 Å². The zero-order valence-electron chi connectivity index (χ0n) is 10.4. The Morgan fingerprint density at radius 2 is 1.79 bits per heavy atom. The number of carbonyl (C=O) groups excluding carboxylic acids is 1. The third-order valence-corrected chi connectivity index (χ3v) is 3.21. The molecule has 4 heteroatoms. The minimum atomic E-state index is -0.328. The standard InChI is InChI=1S/C15H14ClNO2/c1-10(11-6-2-4-8-13(11)16)17-15(19)12-7-3-5-9-14(12)18/h2-10,18H,1H3,(H,17,19). The lowest BCUT2D eigenvalue weighted by atomic mass is 10.1. The summed E-state index contributed by atoms with van der Waals surface area (Å²) in [6.45, 7) is 1.85. The molecule has 1 unspecified atom stereocenters. The minimum absolute atomic E-state index is 0.0358. The molecule has 19 heavy (non-hydrogen) atoms. The van der Waals surface area contributed by atoms with Gasteiger partial charge in [0, 0.05) is 5.02 Å². The fourth-order valence-electron chi connectivity index (χ4n) is 1.84. The maximum Gasteiger partial charge on any atom is 0.255 e. The molecular weight excluding hydrogens is 262 g/mol. The van der Waals surface area contributed by atoms with Gasteiger partial charge in [0.1, 0.15) is 5.75 Å². The van der Waals surface area contributed by atoms with Crippen molar-refractivity contribution < 1.29 is 9.90 Å². The monoisotopic (exact) mass is 275 g/mol. The van der Waals surface area contributed by atoms with E-state index in [2.05, 4.69) is 5.32 Å². The summed E-state index contributed by atoms with van der Waals surface area (Å²) in [5.74, 6) is -0.364. The van der Waals surface area contributed by atoms with Gasteiger partial charge < -0.3 is 10.4 Å². The molecule has 0 fully saturated rings. The third kappa shape index (κ3) is 3.06. The molecule has 0 radical (unpaired) electrons. The Morgan fingerprint density at radius 3 is 2.47 bits per heavy atom. The summed E-state index contributed by atoms with van der Waals surface area (Å²) in [7, 11) is 0. The Labute approximate surface area is 116 Å². The molecule has 2 aromatic carbocycles. The average Bonchev–Trinajstić information content (AvgIpc) is 2.39. The molecule has 98 valence electrons. The van der Waals surface area contributed by atoms with Gasteiger partial charge in [-0.1, -0.05) is 41.9 Å². The van der Waals surface area contributed by atoms with Crippen molar-refractivity contribution in [1.29, 1.82) is 0 Å². The van der Waals surface area contributed by atoms with Crippen molar-refractivity contribution in [3.63, 3.8) is 0 Å². The van der Waals surface area contributed by atoms with Crippen molar-refractivity contribution >= 4 is 17.5 Å². The molecule has 3 nitrogen and oxygen atoms in total. The summed E-state index contributed by atoms with van der Waals surface area (Å²) < 4.78 is 0. The maximum absolute atomic E-state index is 12.0. The molecule has 2 rings (SSSR count). The van der Waals surface area contributed by atoms with E-state index in [0.29, 0.717) is 5.02 Å². The van der Waals surface area contributed by atoms with E-state index in [-0.39, 0.29) is 23.3 Å². The Kier molecular flexibility index (Phi) is 4.07. The van der Waals surface area contributed by atoms with Crippen LogP contribution in [0.15, 0.2) is 48.5 Å². The molecule has 0 aromatic heterocycles. The summed E-state index contributed by atoms with van der Waals surface area (Å²) in [6.07, 6.45) is 0. The number of rotatable bonds is 3. The molecule has 0 bridgehead atoms. The molecule has 0 aliphatic carbocycles. The van der Waals surface area contributed by atoms with Crippen molar-refractivity contribution in [3.05, 3.63) is 64.7 Å². The van der Waals surface area contributed by atoms with E-state index in [4.69, 9.17) is 11.6 Å². The number of carbonyl (C=O) groups is 1. The number of benzene rings is 2. The van der Waals surface area contributed by atoms with E-state index in [1.165, 1.54) is 6.07 Å². The normalized spacial score (nSPS) is 11.9. The highest BCUT2D eigenvalue weighted by Gasteiger charge is 2.15. The second kappa shape index (κ2) is 5.76. The molecule has 0 spiro atoms. The van der Waals surface area contributed by atoms with Crippen molar-refractivity contribution in [2.45, 2.75) is 13.0 Å². The lowest BCUT2D eigenvalue weighted by Gasteiger charge is -2.16. The third-order valence-electron chi connectivity index (χ3n) is 2.87. The van der Waals surface area contributed by atoms with Crippen molar-refractivity contribution in [1.82, 2.24) is 5.32 Å². The Bertz CT molecular complexity index is 598. The van der Waals surface area contributed by atoms with Crippen LogP contribution in [0.25, 0.3) is 0 Å². The molecule has 0 saturated heterocycles. The smallest absolute Gasteiger partial charge is 0.255 e. The highest BCUT2D eigenvalue weighted by Crippen LogP contribution is 2.23. The minimum Gasteiger partial charge on any atom is -0.507 e.